The first-order valence-electron chi connectivity index (χ1n) is 6.13. The third-order valence-corrected chi connectivity index (χ3v) is 2.41. The van der Waals surface area contributed by atoms with Gasteiger partial charge in [-0.1, -0.05) is 0 Å². The molecule has 0 atom stereocenters. The predicted octanol–water partition coefficient (Wildman–Crippen LogP) is 1.39. The van der Waals surface area contributed by atoms with Crippen molar-refractivity contribution in [1.82, 2.24) is 4.90 Å². The molecule has 0 aliphatic carbocycles. The van der Waals surface area contributed by atoms with Crippen LogP contribution in [0.25, 0.3) is 0 Å². The van der Waals surface area contributed by atoms with Gasteiger partial charge in [0.2, 0.25) is 0 Å². The molecule has 1 saturated heterocycles. The van der Waals surface area contributed by atoms with Gasteiger partial charge in [-0.15, -0.1) is 0 Å². The first kappa shape index (κ1) is 14.3. The van der Waals surface area contributed by atoms with Gasteiger partial charge in [0, 0.05) is 13.2 Å². The van der Waals surface area contributed by atoms with E-state index in [0.717, 1.165) is 12.8 Å². The molecule has 17 heavy (non-hydrogen) atoms. The zero-order valence-electron chi connectivity index (χ0n) is 10.9. The number of likely N-dealkylation sites (tertiary alicyclic amines) is 1. The summed E-state index contributed by atoms with van der Waals surface area (Å²) in [5, 5.41) is 8.60. The Kier molecular flexibility index (Phi) is 5.21. The van der Waals surface area contributed by atoms with E-state index in [2.05, 4.69) is 0 Å². The molecule has 1 N–H and O–H groups in total. The summed E-state index contributed by atoms with van der Waals surface area (Å²) in [4.78, 5) is 13.2. The van der Waals surface area contributed by atoms with Crippen LogP contribution in [0.5, 0.6) is 0 Å². The van der Waals surface area contributed by atoms with Gasteiger partial charge >= 0.3 is 6.09 Å². The van der Waals surface area contributed by atoms with Crippen molar-refractivity contribution in [3.05, 3.63) is 0 Å². The summed E-state index contributed by atoms with van der Waals surface area (Å²) in [6, 6.07) is 0. The van der Waals surface area contributed by atoms with Crippen LogP contribution in [-0.4, -0.2) is 54.1 Å². The van der Waals surface area contributed by atoms with Crippen LogP contribution in [0.2, 0.25) is 0 Å². The first-order chi connectivity index (χ1) is 7.92. The second-order valence-corrected chi connectivity index (χ2v) is 5.31. The van der Waals surface area contributed by atoms with Crippen molar-refractivity contribution in [2.45, 2.75) is 45.3 Å². The molecule has 0 aromatic heterocycles. The number of aliphatic hydroxyl groups excluding tert-OH is 1. The highest BCUT2D eigenvalue weighted by Gasteiger charge is 2.34. The maximum Gasteiger partial charge on any atom is 0.410 e. The second kappa shape index (κ2) is 6.21. The normalized spacial score (nSPS) is 16.8. The number of amides is 1. The number of carbonyl (C=O) groups is 1. The zero-order chi connectivity index (χ0) is 12.9. The molecular formula is C12H23NO4. The number of nitrogens with zero attached hydrogens (tertiary/aromatic N) is 1. The minimum Gasteiger partial charge on any atom is -0.444 e. The smallest absolute Gasteiger partial charge is 0.410 e. The van der Waals surface area contributed by atoms with Gasteiger partial charge in [-0.05, 0) is 33.6 Å². The van der Waals surface area contributed by atoms with Gasteiger partial charge in [-0.2, -0.15) is 0 Å². The van der Waals surface area contributed by atoms with E-state index in [0.29, 0.717) is 19.7 Å². The van der Waals surface area contributed by atoms with Crippen LogP contribution < -0.4 is 0 Å². The molecule has 5 nitrogen and oxygen atoms in total. The van der Waals surface area contributed by atoms with Crippen molar-refractivity contribution in [2.75, 3.05) is 26.3 Å². The van der Waals surface area contributed by atoms with E-state index in [-0.39, 0.29) is 18.8 Å². The highest BCUT2D eigenvalue weighted by atomic mass is 16.6. The number of hydrogen-bond donors (Lipinski definition) is 1. The Labute approximate surface area is 103 Å². The molecule has 100 valence electrons. The van der Waals surface area contributed by atoms with Crippen LogP contribution in [0, 0.1) is 0 Å². The molecule has 0 spiro atoms. The Bertz CT molecular complexity index is 243. The highest BCUT2D eigenvalue weighted by molar-refractivity contribution is 5.69. The van der Waals surface area contributed by atoms with Crippen LogP contribution >= 0.6 is 0 Å². The molecular weight excluding hydrogens is 222 g/mol. The fourth-order valence-corrected chi connectivity index (χ4v) is 1.48. The minimum absolute atomic E-state index is 0.126. The largest absolute Gasteiger partial charge is 0.444 e. The Morgan fingerprint density at radius 2 is 2.00 bits per heavy atom. The molecule has 1 aliphatic heterocycles. The van der Waals surface area contributed by atoms with Gasteiger partial charge in [0.1, 0.15) is 5.60 Å². The summed E-state index contributed by atoms with van der Waals surface area (Å²) in [5.41, 5.74) is -0.440. The molecule has 0 radical (unpaired) electrons. The van der Waals surface area contributed by atoms with E-state index in [1.165, 1.54) is 0 Å². The van der Waals surface area contributed by atoms with Gasteiger partial charge in [0.25, 0.3) is 0 Å². The molecule has 1 fully saturated rings. The van der Waals surface area contributed by atoms with Crippen LogP contribution in [0.15, 0.2) is 0 Å². The maximum atomic E-state index is 11.6. The van der Waals surface area contributed by atoms with E-state index in [1.54, 1.807) is 4.90 Å². The molecule has 5 heteroatoms. The van der Waals surface area contributed by atoms with Gasteiger partial charge in [-0.3, -0.25) is 0 Å². The van der Waals surface area contributed by atoms with E-state index < -0.39 is 5.60 Å². The van der Waals surface area contributed by atoms with Gasteiger partial charge < -0.3 is 19.5 Å². The molecule has 1 heterocycles. The lowest BCUT2D eigenvalue weighted by Crippen LogP contribution is -2.55. The molecule has 0 aromatic carbocycles. The van der Waals surface area contributed by atoms with Crippen LogP contribution in [-0.2, 0) is 9.47 Å². The SMILES string of the molecule is CC(C)(C)OC(=O)N1CC(OCCCCO)C1. The van der Waals surface area contributed by atoms with E-state index in [4.69, 9.17) is 14.6 Å². The third-order valence-electron chi connectivity index (χ3n) is 2.41. The number of carbonyl (C=O) groups excluding carboxylic acids is 1. The summed E-state index contributed by atoms with van der Waals surface area (Å²) in [5.74, 6) is 0. The average Bonchev–Trinajstić information content (AvgIpc) is 2.11. The summed E-state index contributed by atoms with van der Waals surface area (Å²) in [6.45, 7) is 7.63. The summed E-state index contributed by atoms with van der Waals surface area (Å²) >= 11 is 0. The Hall–Kier alpha value is -0.810. The monoisotopic (exact) mass is 245 g/mol. The summed E-state index contributed by atoms with van der Waals surface area (Å²) in [7, 11) is 0. The van der Waals surface area contributed by atoms with Crippen molar-refractivity contribution in [3.63, 3.8) is 0 Å². The molecule has 0 saturated carbocycles. The fraction of sp³-hybridized carbons (Fsp3) is 0.917. The Balaban J connectivity index is 2.08. The third kappa shape index (κ3) is 5.37. The summed E-state index contributed by atoms with van der Waals surface area (Å²) < 4.78 is 10.8. The quantitative estimate of drug-likeness (QED) is 0.744. The van der Waals surface area contributed by atoms with Crippen molar-refractivity contribution < 1.29 is 19.4 Å². The van der Waals surface area contributed by atoms with Gasteiger partial charge in [0.15, 0.2) is 0 Å². The van der Waals surface area contributed by atoms with E-state index >= 15 is 0 Å². The minimum atomic E-state index is -0.440. The number of ether oxygens (including phenoxy) is 2. The lowest BCUT2D eigenvalue weighted by molar-refractivity contribution is -0.0640. The van der Waals surface area contributed by atoms with Crippen molar-refractivity contribution in [2.24, 2.45) is 0 Å². The molecule has 1 rings (SSSR count). The number of hydrogen-bond acceptors (Lipinski definition) is 4. The first-order valence-corrected chi connectivity index (χ1v) is 6.13. The fourth-order valence-electron chi connectivity index (χ4n) is 1.48. The molecule has 0 unspecified atom stereocenters. The maximum absolute atomic E-state index is 11.6. The molecule has 1 amide bonds. The lowest BCUT2D eigenvalue weighted by Gasteiger charge is -2.39. The predicted molar refractivity (Wildman–Crippen MR) is 63.9 cm³/mol. The Morgan fingerprint density at radius 1 is 1.35 bits per heavy atom. The number of aliphatic hydroxyl groups is 1. The molecule has 0 bridgehead atoms. The van der Waals surface area contributed by atoms with Crippen molar-refractivity contribution >= 4 is 6.09 Å². The van der Waals surface area contributed by atoms with E-state index in [9.17, 15) is 4.79 Å². The van der Waals surface area contributed by atoms with Crippen LogP contribution in [0.3, 0.4) is 0 Å². The highest BCUT2D eigenvalue weighted by Crippen LogP contribution is 2.17. The lowest BCUT2D eigenvalue weighted by atomic mass is 10.1. The second-order valence-electron chi connectivity index (χ2n) is 5.31. The standard InChI is InChI=1S/C12H23NO4/c1-12(2,3)17-11(15)13-8-10(9-13)16-7-5-4-6-14/h10,14H,4-9H2,1-3H3. The summed E-state index contributed by atoms with van der Waals surface area (Å²) in [6.07, 6.45) is 1.48. The molecule has 1 aliphatic rings. The van der Waals surface area contributed by atoms with Crippen LogP contribution in [0.1, 0.15) is 33.6 Å². The van der Waals surface area contributed by atoms with Crippen molar-refractivity contribution in [3.8, 4) is 0 Å². The van der Waals surface area contributed by atoms with Gasteiger partial charge in [0.05, 0.1) is 19.2 Å². The van der Waals surface area contributed by atoms with E-state index in [1.807, 2.05) is 20.8 Å². The topological polar surface area (TPSA) is 59.0 Å². The zero-order valence-corrected chi connectivity index (χ0v) is 10.9. The number of rotatable bonds is 5. The Morgan fingerprint density at radius 3 is 2.53 bits per heavy atom. The van der Waals surface area contributed by atoms with Crippen LogP contribution in [0.4, 0.5) is 4.79 Å². The number of unbranched alkanes of at least 4 members (excludes halogenated alkanes) is 1. The molecule has 0 aromatic rings. The van der Waals surface area contributed by atoms with Crippen molar-refractivity contribution in [1.29, 1.82) is 0 Å². The average molecular weight is 245 g/mol. The van der Waals surface area contributed by atoms with Gasteiger partial charge in [-0.25, -0.2) is 4.79 Å².